The Hall–Kier alpha value is -7.81. The number of hydrogen-bond donors (Lipinski definition) is 0. The fourth-order valence-electron chi connectivity index (χ4n) is 9.05. The molecule has 11 rings (SSSR count). The molecule has 0 amide bonds. The van der Waals surface area contributed by atoms with Crippen molar-refractivity contribution in [1.82, 2.24) is 0 Å². The van der Waals surface area contributed by atoms with Gasteiger partial charge in [-0.2, -0.15) is 0 Å². The Morgan fingerprint density at radius 2 is 0.983 bits per heavy atom. The minimum Gasteiger partial charge on any atom is -0.455 e. The van der Waals surface area contributed by atoms with Crippen LogP contribution in [0.25, 0.3) is 98.6 Å². The van der Waals surface area contributed by atoms with Gasteiger partial charge < -0.3 is 4.42 Å². The quantitative estimate of drug-likeness (QED) is 0.117. The lowest BCUT2D eigenvalue weighted by atomic mass is 9.90. The van der Waals surface area contributed by atoms with E-state index in [2.05, 4.69) is 183 Å². The number of rotatable bonds is 7. The van der Waals surface area contributed by atoms with Gasteiger partial charge in [-0.3, -0.25) is 0 Å². The first-order valence-electron chi connectivity index (χ1n) is 20.5. The number of benzene rings is 10. The third-order valence-corrected chi connectivity index (χ3v) is 12.0. The highest BCUT2D eigenvalue weighted by Gasteiger charge is 2.19. The molecule has 0 bridgehead atoms. The van der Waals surface area contributed by atoms with Crippen LogP contribution in [0.1, 0.15) is 23.6 Å². The second kappa shape index (κ2) is 14.5. The van der Waals surface area contributed by atoms with Crippen LogP contribution >= 0.6 is 0 Å². The van der Waals surface area contributed by atoms with Crippen LogP contribution in [0.2, 0.25) is 0 Å². The first-order chi connectivity index (χ1) is 29.6. The summed E-state index contributed by atoms with van der Waals surface area (Å²) < 4.78 is 6.82. The van der Waals surface area contributed by atoms with Crippen LogP contribution in [0.4, 0.5) is 0 Å². The second-order valence-corrected chi connectivity index (χ2v) is 15.6. The third kappa shape index (κ3) is 6.01. The zero-order chi connectivity index (χ0) is 40.2. The smallest absolute Gasteiger partial charge is 0.143 e. The first-order valence-corrected chi connectivity index (χ1v) is 20.5. The van der Waals surface area contributed by atoms with Crippen molar-refractivity contribution >= 4 is 82.0 Å². The van der Waals surface area contributed by atoms with E-state index in [-0.39, 0.29) is 0 Å². The van der Waals surface area contributed by atoms with Crippen LogP contribution < -0.4 is 0 Å². The molecular formula is C58H39NO. The average molecular weight is 766 g/mol. The van der Waals surface area contributed by atoms with Gasteiger partial charge in [0.2, 0.25) is 0 Å². The van der Waals surface area contributed by atoms with Crippen LogP contribution in [0.5, 0.6) is 0 Å². The van der Waals surface area contributed by atoms with E-state index in [9.17, 15) is 0 Å². The maximum absolute atomic E-state index is 6.82. The van der Waals surface area contributed by atoms with E-state index in [0.29, 0.717) is 0 Å². The van der Waals surface area contributed by atoms with Crippen LogP contribution in [0.15, 0.2) is 222 Å². The van der Waals surface area contributed by atoms with Crippen LogP contribution in [-0.4, -0.2) is 5.71 Å². The molecule has 0 radical (unpaired) electrons. The molecule has 282 valence electrons. The fourth-order valence-corrected chi connectivity index (χ4v) is 9.05. The molecule has 1 heterocycles. The Bertz CT molecular complexity index is 3520. The summed E-state index contributed by atoms with van der Waals surface area (Å²) in [5.74, 6) is 0. The molecule has 2 nitrogen and oxygen atoms in total. The lowest BCUT2D eigenvalue weighted by molar-refractivity contribution is 0.673. The standard InChI is InChI=1S/C58H39NO/c1-37(33-55(40-19-7-4-8-20-40)59-38(2)39-17-5-3-6-18-39)41-21-15-22-42(34-41)52-36-54-57-44(29-16-30-56(57)60-58(54)51-28-14-13-27-49(51)52)43-31-32-50-47-25-10-9-23-45(47)46-24-11-12-26-48(46)53(50)35-43/h3-36H,2H2,1H3/b37-33+,59-55+. The highest BCUT2D eigenvalue weighted by atomic mass is 16.3. The number of aliphatic imine (C=N–C) groups is 1. The van der Waals surface area contributed by atoms with Gasteiger partial charge in [0, 0.05) is 21.7 Å². The lowest BCUT2D eigenvalue weighted by Crippen LogP contribution is -1.99. The number of hydrogen-bond acceptors (Lipinski definition) is 2. The van der Waals surface area contributed by atoms with Crippen molar-refractivity contribution in [3.05, 3.63) is 230 Å². The van der Waals surface area contributed by atoms with E-state index in [4.69, 9.17) is 9.41 Å². The summed E-state index contributed by atoms with van der Waals surface area (Å²) in [5, 5.41) is 12.1. The Balaban J connectivity index is 1.07. The van der Waals surface area contributed by atoms with Gasteiger partial charge in [0.05, 0.1) is 11.4 Å². The molecule has 0 saturated carbocycles. The molecule has 0 fully saturated rings. The molecule has 11 aromatic rings. The third-order valence-electron chi connectivity index (χ3n) is 12.0. The van der Waals surface area contributed by atoms with Gasteiger partial charge in [0.15, 0.2) is 0 Å². The van der Waals surface area contributed by atoms with E-state index in [0.717, 1.165) is 83.1 Å². The molecule has 0 spiro atoms. The maximum atomic E-state index is 6.82. The Morgan fingerprint density at radius 1 is 0.433 bits per heavy atom. The first kappa shape index (κ1) is 35.4. The van der Waals surface area contributed by atoms with E-state index in [1.807, 2.05) is 36.4 Å². The Kier molecular flexibility index (Phi) is 8.57. The highest BCUT2D eigenvalue weighted by Crippen LogP contribution is 2.44. The van der Waals surface area contributed by atoms with Crippen molar-refractivity contribution in [2.24, 2.45) is 4.99 Å². The average Bonchev–Trinajstić information content (AvgIpc) is 3.71. The van der Waals surface area contributed by atoms with Crippen molar-refractivity contribution in [3.63, 3.8) is 0 Å². The number of allylic oxidation sites excluding steroid dienone is 2. The summed E-state index contributed by atoms with van der Waals surface area (Å²) in [7, 11) is 0. The zero-order valence-corrected chi connectivity index (χ0v) is 33.2. The van der Waals surface area contributed by atoms with Crippen molar-refractivity contribution in [2.75, 3.05) is 0 Å². The van der Waals surface area contributed by atoms with Crippen LogP contribution in [0, 0.1) is 0 Å². The fraction of sp³-hybridized carbons (Fsp3) is 0.0172. The maximum Gasteiger partial charge on any atom is 0.143 e. The SMILES string of the molecule is C=C(/N=C(\C=C(/C)c1cccc(-c2cc3c(oc4cccc(-c5ccc6c7ccccc7c7ccccc7c6c5)c43)c3ccccc23)c1)c1ccccc1)c1ccccc1. The van der Waals surface area contributed by atoms with Gasteiger partial charge in [0.25, 0.3) is 0 Å². The van der Waals surface area contributed by atoms with Crippen molar-refractivity contribution in [1.29, 1.82) is 0 Å². The molecule has 60 heavy (non-hydrogen) atoms. The molecule has 0 aliphatic rings. The summed E-state index contributed by atoms with van der Waals surface area (Å²) in [4.78, 5) is 5.07. The van der Waals surface area contributed by atoms with Gasteiger partial charge >= 0.3 is 0 Å². The summed E-state index contributed by atoms with van der Waals surface area (Å²) in [6.07, 6.45) is 2.18. The van der Waals surface area contributed by atoms with Gasteiger partial charge in [-0.25, -0.2) is 4.99 Å². The molecule has 0 aliphatic carbocycles. The topological polar surface area (TPSA) is 25.5 Å². The van der Waals surface area contributed by atoms with Gasteiger partial charge in [-0.05, 0) is 114 Å². The molecule has 0 saturated heterocycles. The van der Waals surface area contributed by atoms with E-state index >= 15 is 0 Å². The van der Waals surface area contributed by atoms with Crippen LogP contribution in [-0.2, 0) is 0 Å². The summed E-state index contributed by atoms with van der Waals surface area (Å²) in [6.45, 7) is 6.49. The zero-order valence-electron chi connectivity index (χ0n) is 33.2. The molecular weight excluding hydrogens is 727 g/mol. The number of fused-ring (bicyclic) bond motifs is 11. The van der Waals surface area contributed by atoms with Crippen LogP contribution in [0.3, 0.4) is 0 Å². The Morgan fingerprint density at radius 3 is 1.68 bits per heavy atom. The normalized spacial score (nSPS) is 12.3. The molecule has 0 unspecified atom stereocenters. The largest absolute Gasteiger partial charge is 0.455 e. The molecule has 0 aliphatic heterocycles. The van der Waals surface area contributed by atoms with Gasteiger partial charge in [-0.1, -0.05) is 183 Å². The van der Waals surface area contributed by atoms with Crippen molar-refractivity contribution < 1.29 is 4.42 Å². The molecule has 0 atom stereocenters. The highest BCUT2D eigenvalue weighted by molar-refractivity contribution is 6.27. The summed E-state index contributed by atoms with van der Waals surface area (Å²) >= 11 is 0. The van der Waals surface area contributed by atoms with Gasteiger partial charge in [0.1, 0.15) is 11.2 Å². The second-order valence-electron chi connectivity index (χ2n) is 15.6. The Labute approximate surface area is 348 Å². The van der Waals surface area contributed by atoms with E-state index in [1.165, 1.54) is 37.9 Å². The van der Waals surface area contributed by atoms with Crippen molar-refractivity contribution in [3.8, 4) is 22.3 Å². The minimum atomic E-state index is 0.726. The van der Waals surface area contributed by atoms with E-state index < -0.39 is 0 Å². The molecule has 2 heteroatoms. The minimum absolute atomic E-state index is 0.726. The summed E-state index contributed by atoms with van der Waals surface area (Å²) in [5.41, 5.74) is 12.3. The predicted octanol–water partition coefficient (Wildman–Crippen LogP) is 16.1. The summed E-state index contributed by atoms with van der Waals surface area (Å²) in [6, 6.07) is 71.2. The monoisotopic (exact) mass is 765 g/mol. The van der Waals surface area contributed by atoms with E-state index in [1.54, 1.807) is 0 Å². The predicted molar refractivity (Wildman–Crippen MR) is 257 cm³/mol. The van der Waals surface area contributed by atoms with Crippen molar-refractivity contribution in [2.45, 2.75) is 6.92 Å². The number of furan rings is 1. The molecule has 1 aromatic heterocycles. The molecule has 10 aromatic carbocycles. The number of nitrogens with zero attached hydrogens (tertiary/aromatic N) is 1. The lowest BCUT2D eigenvalue weighted by Gasteiger charge is -2.13. The molecule has 0 N–H and O–H groups in total. The van der Waals surface area contributed by atoms with Gasteiger partial charge in [-0.15, -0.1) is 0 Å².